The van der Waals surface area contributed by atoms with Crippen molar-refractivity contribution in [2.24, 2.45) is 0 Å². The molecule has 0 aliphatic heterocycles. The molecule has 1 atom stereocenters. The molecule has 0 saturated heterocycles. The van der Waals surface area contributed by atoms with Crippen molar-refractivity contribution in [1.82, 2.24) is 0 Å². The van der Waals surface area contributed by atoms with Crippen molar-refractivity contribution in [3.05, 3.63) is 194 Å². The van der Waals surface area contributed by atoms with Gasteiger partial charge in [0.2, 0.25) is 0 Å². The predicted octanol–water partition coefficient (Wildman–Crippen LogP) is 9.56. The molecule has 0 aliphatic rings. The van der Waals surface area contributed by atoms with E-state index in [1.165, 1.54) is 6.08 Å². The molecular formula is C42H15BF20N2OS. The molecule has 0 fully saturated rings. The topological polar surface area (TPSA) is 64.7 Å². The van der Waals surface area contributed by atoms with Crippen LogP contribution in [0, 0.1) is 139 Å². The number of nitrogens with zero attached hydrogens (tertiary/aromatic N) is 2. The number of nitriles is 2. The molecule has 0 aliphatic carbocycles. The Morgan fingerprint density at radius 1 is 0.403 bits per heavy atom. The van der Waals surface area contributed by atoms with E-state index in [0.717, 1.165) is 10.5 Å². The van der Waals surface area contributed by atoms with Crippen LogP contribution in [0.4, 0.5) is 87.8 Å². The number of allylic oxidation sites excluding steroid dienone is 1. The molecule has 0 radical (unpaired) electrons. The Kier molecular flexibility index (Phi) is 14.7. The molecule has 25 heteroatoms. The highest BCUT2D eigenvalue weighted by Gasteiger charge is 2.52. The fraction of sp³-hybridized carbons (Fsp3) is 0.0476. The van der Waals surface area contributed by atoms with Crippen LogP contribution in [0.2, 0.25) is 0 Å². The van der Waals surface area contributed by atoms with Gasteiger partial charge < -0.3 is 0 Å². The van der Waals surface area contributed by atoms with Gasteiger partial charge in [0.15, 0.2) is 74.7 Å². The highest BCUT2D eigenvalue weighted by atomic mass is 32.2. The Morgan fingerprint density at radius 3 is 0.896 bits per heavy atom. The largest absolute Gasteiger partial charge is 0.207 e. The number of hydrogen-bond donors (Lipinski definition) is 0. The zero-order chi connectivity index (χ0) is 50.2. The maximum Gasteiger partial charge on any atom is 0.200 e. The molecule has 0 N–H and O–H groups in total. The summed E-state index contributed by atoms with van der Waals surface area (Å²) in [5, 5.41) is 17.7. The maximum absolute atomic E-state index is 15.4. The van der Waals surface area contributed by atoms with Crippen LogP contribution in [0.3, 0.4) is 0 Å². The van der Waals surface area contributed by atoms with E-state index < -0.39 is 154 Å². The molecule has 0 saturated carbocycles. The van der Waals surface area contributed by atoms with E-state index in [9.17, 15) is 56.9 Å². The smallest absolute Gasteiger partial charge is 0.200 e. The molecule has 0 bridgehead atoms. The quantitative estimate of drug-likeness (QED) is 0.0363. The van der Waals surface area contributed by atoms with Crippen molar-refractivity contribution in [3.8, 4) is 12.1 Å². The summed E-state index contributed by atoms with van der Waals surface area (Å²) in [5.74, 6) is -70.8. The molecule has 0 aromatic heterocycles. The molecule has 6 aromatic carbocycles. The predicted molar refractivity (Wildman–Crippen MR) is 196 cm³/mol. The van der Waals surface area contributed by atoms with Crippen molar-refractivity contribution in [2.75, 3.05) is 5.75 Å². The van der Waals surface area contributed by atoms with Gasteiger partial charge in [0.1, 0.15) is 91.8 Å². The summed E-state index contributed by atoms with van der Waals surface area (Å²) in [6.45, 7) is 0. The first kappa shape index (κ1) is 50.8. The van der Waals surface area contributed by atoms with Crippen LogP contribution < -0.4 is 21.9 Å². The summed E-state index contributed by atoms with van der Waals surface area (Å²) in [7, 11) is -2.41. The van der Waals surface area contributed by atoms with E-state index in [1.54, 1.807) is 0 Å². The van der Waals surface area contributed by atoms with Crippen LogP contribution in [-0.4, -0.2) is 11.9 Å². The van der Waals surface area contributed by atoms with Gasteiger partial charge in [-0.2, -0.15) is 10.5 Å². The summed E-state index contributed by atoms with van der Waals surface area (Å²) >= 11 is 0. The molecule has 0 spiro atoms. The van der Waals surface area contributed by atoms with Gasteiger partial charge in [0, 0.05) is 5.56 Å². The average Bonchev–Trinajstić information content (AvgIpc) is 3.32. The first-order chi connectivity index (χ1) is 31.4. The van der Waals surface area contributed by atoms with E-state index in [0.29, 0.717) is 5.75 Å². The fourth-order valence-electron chi connectivity index (χ4n) is 6.96. The maximum atomic E-state index is 15.4. The number of hydrogen-bond acceptors (Lipinski definition) is 3. The van der Waals surface area contributed by atoms with E-state index >= 15 is 35.1 Å². The van der Waals surface area contributed by atoms with Crippen LogP contribution in [0.5, 0.6) is 0 Å². The molecule has 1 unspecified atom stereocenters. The number of rotatable bonds is 9. The third-order valence-corrected chi connectivity index (χ3v) is 12.6. The molecule has 67 heavy (non-hydrogen) atoms. The monoisotopic (exact) mass is 986 g/mol. The Morgan fingerprint density at radius 2 is 0.642 bits per heavy atom. The van der Waals surface area contributed by atoms with Crippen LogP contribution >= 0.6 is 0 Å². The Bertz CT molecular complexity index is 2740. The second-order valence-electron chi connectivity index (χ2n) is 13.6. The van der Waals surface area contributed by atoms with Crippen LogP contribution in [0.15, 0.2) is 77.2 Å². The van der Waals surface area contributed by atoms with Crippen LogP contribution in [0.1, 0.15) is 5.56 Å². The molecule has 6 rings (SSSR count). The van der Waals surface area contributed by atoms with Gasteiger partial charge in [0.25, 0.3) is 0 Å². The van der Waals surface area contributed by atoms with Crippen LogP contribution in [-0.2, 0) is 19.9 Å². The summed E-state index contributed by atoms with van der Waals surface area (Å²) < 4.78 is 307. The zero-order valence-corrected chi connectivity index (χ0v) is 32.9. The lowest BCUT2D eigenvalue weighted by Crippen LogP contribution is -2.81. The van der Waals surface area contributed by atoms with Gasteiger partial charge in [-0.1, -0.05) is 52.7 Å². The van der Waals surface area contributed by atoms with Crippen molar-refractivity contribution < 1.29 is 92.0 Å². The van der Waals surface area contributed by atoms with Crippen molar-refractivity contribution in [3.63, 3.8) is 0 Å². The summed E-state index contributed by atoms with van der Waals surface area (Å²) in [5.41, 5.74) is -13.4. The highest BCUT2D eigenvalue weighted by Crippen LogP contribution is 2.31. The molecule has 0 amide bonds. The molecule has 348 valence electrons. The first-order valence-electron chi connectivity index (χ1n) is 17.7. The SMILES string of the molecule is Fc1c(F)c(F)c([B-](c2c(F)c(F)c(F)c(F)c2F)(c2c(F)c(F)c(F)c(F)c2F)c2c(F)c(F)c(F)c(F)c2F)c(F)c1F.N#CC(C#N)=CC[S+](=O)(Cc1ccccc1)c1ccccc1. The van der Waals surface area contributed by atoms with Gasteiger partial charge in [-0.25, -0.2) is 87.8 Å². The van der Waals surface area contributed by atoms with E-state index in [4.69, 9.17) is 10.5 Å². The molecule has 6 aromatic rings. The van der Waals surface area contributed by atoms with Gasteiger partial charge in [0.05, 0.1) is 0 Å². The third kappa shape index (κ3) is 8.47. The Balaban J connectivity index is 0.000000319. The van der Waals surface area contributed by atoms with E-state index in [-0.39, 0.29) is 11.3 Å². The fourth-order valence-corrected chi connectivity index (χ4v) is 9.26. The minimum atomic E-state index is -7.22. The molecular weight excluding hydrogens is 971 g/mol. The lowest BCUT2D eigenvalue weighted by atomic mass is 9.12. The van der Waals surface area contributed by atoms with E-state index in [2.05, 4.69) is 0 Å². The summed E-state index contributed by atoms with van der Waals surface area (Å²) in [6.07, 6.45) is -5.75. The standard InChI is InChI=1S/C24BF20.C18H15N2OS/c26-5-1(6(27)14(35)21(42)13(5)34)25(2-7(28)15(36)22(43)16(37)8(2)29,3-9(30)17(38)23(44)18(39)10(3)31)4-11(32)19(40)24(45)20(41)12(4)33;19-13-17(14-20)11-12-22(21,18-9-5-2-6-10-18)15-16-7-3-1-4-8-16/h;1-11H,12,15H2/q-1;+1. The lowest BCUT2D eigenvalue weighted by Gasteiger charge is -2.44. The molecule has 0 heterocycles. The normalized spacial score (nSPS) is 12.1. The van der Waals surface area contributed by atoms with Crippen molar-refractivity contribution >= 4 is 37.9 Å². The lowest BCUT2D eigenvalue weighted by molar-refractivity contribution is 0.378. The minimum Gasteiger partial charge on any atom is -0.207 e. The summed E-state index contributed by atoms with van der Waals surface area (Å²) in [6, 6.07) is 22.5. The number of benzene rings is 6. The zero-order valence-electron chi connectivity index (χ0n) is 32.1. The summed E-state index contributed by atoms with van der Waals surface area (Å²) in [4.78, 5) is 0.741. The second kappa shape index (κ2) is 19.4. The Hall–Kier alpha value is -7.15. The highest BCUT2D eigenvalue weighted by molar-refractivity contribution is 8.02. The second-order valence-corrected chi connectivity index (χ2v) is 16.3. The minimum absolute atomic E-state index is 0.00304. The average molecular weight is 986 g/mol. The van der Waals surface area contributed by atoms with Gasteiger partial charge in [-0.15, -0.1) is 21.9 Å². The van der Waals surface area contributed by atoms with Gasteiger partial charge in [-0.3, -0.25) is 0 Å². The van der Waals surface area contributed by atoms with Crippen molar-refractivity contribution in [1.29, 1.82) is 10.5 Å². The van der Waals surface area contributed by atoms with Crippen molar-refractivity contribution in [2.45, 2.75) is 10.6 Å². The van der Waals surface area contributed by atoms with Gasteiger partial charge in [-0.05, 0) is 18.2 Å². The third-order valence-electron chi connectivity index (χ3n) is 9.92. The van der Waals surface area contributed by atoms with E-state index in [1.807, 2.05) is 72.8 Å². The Labute approximate surface area is 362 Å². The first-order valence-corrected chi connectivity index (χ1v) is 19.6. The number of halogens is 20. The molecule has 3 nitrogen and oxygen atoms in total. The van der Waals surface area contributed by atoms with Gasteiger partial charge >= 0.3 is 0 Å². The van der Waals surface area contributed by atoms with Crippen LogP contribution in [0.25, 0.3) is 0 Å².